The highest BCUT2D eigenvalue weighted by molar-refractivity contribution is 5.78. The molecule has 0 fully saturated rings. The van der Waals surface area contributed by atoms with Gasteiger partial charge < -0.3 is 0 Å². The maximum atomic E-state index is 11.1. The first kappa shape index (κ1) is 12.9. The van der Waals surface area contributed by atoms with Crippen LogP contribution in [0.1, 0.15) is 55.9 Å². The molecule has 0 N–H and O–H groups in total. The van der Waals surface area contributed by atoms with Crippen LogP contribution >= 0.6 is 0 Å². The lowest BCUT2D eigenvalue weighted by atomic mass is 10.1. The molecule has 1 atom stereocenters. The van der Waals surface area contributed by atoms with E-state index in [9.17, 15) is 4.79 Å². The molecular weight excluding hydrogens is 200 g/mol. The zero-order valence-electron chi connectivity index (χ0n) is 10.8. The molecule has 0 radical (unpaired) electrons. The first-order valence-electron chi connectivity index (χ1n) is 6.21. The zero-order valence-corrected chi connectivity index (χ0v) is 10.8. The summed E-state index contributed by atoms with van der Waals surface area (Å²) in [5.74, 6) is 0.606. The Bertz CT molecular complexity index is 355. The van der Waals surface area contributed by atoms with Gasteiger partial charge in [-0.3, -0.25) is 9.48 Å². The molecule has 0 saturated heterocycles. The van der Waals surface area contributed by atoms with E-state index in [1.807, 2.05) is 11.6 Å². The van der Waals surface area contributed by atoms with Crippen molar-refractivity contribution in [3.8, 4) is 0 Å². The van der Waals surface area contributed by atoms with E-state index in [1.165, 1.54) is 0 Å². The van der Waals surface area contributed by atoms with Gasteiger partial charge in [0.05, 0.1) is 11.3 Å². The topological polar surface area (TPSA) is 34.9 Å². The number of carbonyl (C=O) groups is 1. The van der Waals surface area contributed by atoms with Crippen molar-refractivity contribution in [2.24, 2.45) is 5.92 Å². The minimum Gasteiger partial charge on any atom is -0.298 e. The predicted octanol–water partition coefficient (Wildman–Crippen LogP) is 2.87. The first-order valence-corrected chi connectivity index (χ1v) is 6.21. The van der Waals surface area contributed by atoms with Gasteiger partial charge in [0.1, 0.15) is 0 Å². The molecule has 0 aliphatic heterocycles. The van der Waals surface area contributed by atoms with Crippen LogP contribution in [0, 0.1) is 5.92 Å². The van der Waals surface area contributed by atoms with Gasteiger partial charge >= 0.3 is 0 Å². The van der Waals surface area contributed by atoms with Gasteiger partial charge in [-0.2, -0.15) is 5.10 Å². The maximum absolute atomic E-state index is 11.1. The van der Waals surface area contributed by atoms with E-state index in [4.69, 9.17) is 0 Å². The number of hydrogen-bond donors (Lipinski definition) is 0. The lowest BCUT2D eigenvalue weighted by Crippen LogP contribution is -2.11. The molecule has 0 bridgehead atoms. The predicted molar refractivity (Wildman–Crippen MR) is 65.8 cm³/mol. The van der Waals surface area contributed by atoms with Crippen molar-refractivity contribution >= 4 is 6.29 Å². The summed E-state index contributed by atoms with van der Waals surface area (Å²) in [6.45, 7) is 9.44. The molecule has 0 aliphatic rings. The van der Waals surface area contributed by atoms with Gasteiger partial charge in [-0.15, -0.1) is 0 Å². The molecule has 1 rings (SSSR count). The van der Waals surface area contributed by atoms with Gasteiger partial charge in [0, 0.05) is 12.2 Å². The number of carbonyl (C=O) groups excluding carboxylic acids is 1. The molecule has 1 aromatic heterocycles. The fraction of sp³-hybridized carbons (Fsp3) is 0.692. The van der Waals surface area contributed by atoms with E-state index >= 15 is 0 Å². The third-order valence-corrected chi connectivity index (χ3v) is 3.14. The lowest BCUT2D eigenvalue weighted by Gasteiger charge is -2.11. The lowest BCUT2D eigenvalue weighted by molar-refractivity contribution is 0.112. The van der Waals surface area contributed by atoms with Crippen LogP contribution in [0.15, 0.2) is 0 Å². The van der Waals surface area contributed by atoms with Gasteiger partial charge in [0.15, 0.2) is 6.29 Å². The third-order valence-electron chi connectivity index (χ3n) is 3.14. The van der Waals surface area contributed by atoms with Crippen LogP contribution in [0.25, 0.3) is 0 Å². The standard InChI is InChI=1S/C13H22N2O/c1-5-10(4)8-15-13(7-3)11(9-16)12(6-2)14-15/h9-10H,5-8H2,1-4H3. The summed E-state index contributed by atoms with van der Waals surface area (Å²) in [6.07, 6.45) is 3.80. The van der Waals surface area contributed by atoms with E-state index in [2.05, 4.69) is 25.9 Å². The van der Waals surface area contributed by atoms with Gasteiger partial charge in [-0.25, -0.2) is 0 Å². The highest BCUT2D eigenvalue weighted by Crippen LogP contribution is 2.16. The second-order valence-electron chi connectivity index (χ2n) is 4.33. The number of aromatic nitrogens is 2. The van der Waals surface area contributed by atoms with Crippen LogP contribution < -0.4 is 0 Å². The van der Waals surface area contributed by atoms with Gasteiger partial charge in [-0.1, -0.05) is 34.1 Å². The molecule has 0 amide bonds. The fourth-order valence-electron chi connectivity index (χ4n) is 1.91. The van der Waals surface area contributed by atoms with Crippen LogP contribution in [0.2, 0.25) is 0 Å². The molecule has 16 heavy (non-hydrogen) atoms. The van der Waals surface area contributed by atoms with Crippen LogP contribution in [0.5, 0.6) is 0 Å². The molecule has 3 nitrogen and oxygen atoms in total. The summed E-state index contributed by atoms with van der Waals surface area (Å²) in [6, 6.07) is 0. The number of nitrogens with zero attached hydrogens (tertiary/aromatic N) is 2. The third kappa shape index (κ3) is 2.52. The monoisotopic (exact) mass is 222 g/mol. The molecular formula is C13H22N2O. The molecule has 1 heterocycles. The first-order chi connectivity index (χ1) is 7.67. The second kappa shape index (κ2) is 5.83. The smallest absolute Gasteiger partial charge is 0.153 e. The Kier molecular flexibility index (Phi) is 4.71. The molecule has 0 aromatic carbocycles. The summed E-state index contributed by atoms with van der Waals surface area (Å²) in [5, 5.41) is 4.54. The minimum atomic E-state index is 0.606. The quantitative estimate of drug-likeness (QED) is 0.694. The molecule has 1 aromatic rings. The van der Waals surface area contributed by atoms with Crippen molar-refractivity contribution in [1.29, 1.82) is 0 Å². The highest BCUT2D eigenvalue weighted by atomic mass is 16.1. The molecule has 3 heteroatoms. The molecule has 0 spiro atoms. The Morgan fingerprint density at radius 1 is 1.31 bits per heavy atom. The van der Waals surface area contributed by atoms with Crippen LogP contribution in [-0.2, 0) is 19.4 Å². The highest BCUT2D eigenvalue weighted by Gasteiger charge is 2.15. The molecule has 0 aliphatic carbocycles. The number of hydrogen-bond acceptors (Lipinski definition) is 2. The van der Waals surface area contributed by atoms with Crippen molar-refractivity contribution in [2.75, 3.05) is 0 Å². The Morgan fingerprint density at radius 2 is 2.00 bits per heavy atom. The molecule has 0 saturated carbocycles. The van der Waals surface area contributed by atoms with E-state index in [0.717, 1.165) is 49.0 Å². The number of aryl methyl sites for hydroxylation is 1. The Morgan fingerprint density at radius 3 is 2.44 bits per heavy atom. The van der Waals surface area contributed by atoms with Gasteiger partial charge in [0.2, 0.25) is 0 Å². The SMILES string of the molecule is CCc1nn(CC(C)CC)c(CC)c1C=O. The van der Waals surface area contributed by atoms with Crippen LogP contribution in [0.4, 0.5) is 0 Å². The number of rotatable bonds is 6. The van der Waals surface area contributed by atoms with Crippen LogP contribution in [-0.4, -0.2) is 16.1 Å². The average molecular weight is 222 g/mol. The maximum Gasteiger partial charge on any atom is 0.153 e. The van der Waals surface area contributed by atoms with E-state index in [-0.39, 0.29) is 0 Å². The normalized spacial score (nSPS) is 12.8. The largest absolute Gasteiger partial charge is 0.298 e. The van der Waals surface area contributed by atoms with Crippen molar-refractivity contribution < 1.29 is 4.79 Å². The Balaban J connectivity index is 3.08. The molecule has 1 unspecified atom stereocenters. The fourth-order valence-corrected chi connectivity index (χ4v) is 1.91. The van der Waals surface area contributed by atoms with E-state index in [0.29, 0.717) is 5.92 Å². The van der Waals surface area contributed by atoms with Crippen molar-refractivity contribution in [1.82, 2.24) is 9.78 Å². The van der Waals surface area contributed by atoms with Crippen molar-refractivity contribution in [3.05, 3.63) is 17.0 Å². The summed E-state index contributed by atoms with van der Waals surface area (Å²) < 4.78 is 2.02. The Labute approximate surface area is 97.8 Å². The minimum absolute atomic E-state index is 0.606. The molecule has 90 valence electrons. The van der Waals surface area contributed by atoms with Crippen LogP contribution in [0.3, 0.4) is 0 Å². The summed E-state index contributed by atoms with van der Waals surface area (Å²) >= 11 is 0. The second-order valence-corrected chi connectivity index (χ2v) is 4.33. The van der Waals surface area contributed by atoms with Gasteiger partial charge in [-0.05, 0) is 18.8 Å². The van der Waals surface area contributed by atoms with E-state index in [1.54, 1.807) is 0 Å². The van der Waals surface area contributed by atoms with E-state index < -0.39 is 0 Å². The average Bonchev–Trinajstić information content (AvgIpc) is 2.65. The number of aldehydes is 1. The van der Waals surface area contributed by atoms with Crippen molar-refractivity contribution in [2.45, 2.75) is 53.5 Å². The summed E-state index contributed by atoms with van der Waals surface area (Å²) in [5.41, 5.74) is 2.84. The van der Waals surface area contributed by atoms with Crippen molar-refractivity contribution in [3.63, 3.8) is 0 Å². The Hall–Kier alpha value is -1.12. The summed E-state index contributed by atoms with van der Waals surface area (Å²) in [7, 11) is 0. The van der Waals surface area contributed by atoms with Gasteiger partial charge in [0.25, 0.3) is 0 Å². The zero-order chi connectivity index (χ0) is 12.1. The summed E-state index contributed by atoms with van der Waals surface area (Å²) in [4.78, 5) is 11.1.